The number of rotatable bonds is 4. The van der Waals surface area contributed by atoms with Crippen LogP contribution >= 0.6 is 34.5 Å². The van der Waals surface area contributed by atoms with Crippen LogP contribution < -0.4 is 4.72 Å². The largest absolute Gasteiger partial charge is 0.477 e. The number of carboxylic acid groups (broad SMARTS) is 1. The Morgan fingerprint density at radius 2 is 1.76 bits per heavy atom. The van der Waals surface area contributed by atoms with Crippen molar-refractivity contribution in [3.05, 3.63) is 44.8 Å². The van der Waals surface area contributed by atoms with Crippen molar-refractivity contribution in [2.75, 3.05) is 4.72 Å². The van der Waals surface area contributed by atoms with Crippen molar-refractivity contribution in [3.8, 4) is 0 Å². The topological polar surface area (TPSA) is 83.5 Å². The third kappa shape index (κ3) is 3.68. The summed E-state index contributed by atoms with van der Waals surface area (Å²) in [5, 5.41) is 9.56. The van der Waals surface area contributed by atoms with Crippen molar-refractivity contribution in [1.29, 1.82) is 0 Å². The van der Waals surface area contributed by atoms with Crippen molar-refractivity contribution in [1.82, 2.24) is 0 Å². The molecule has 0 unspecified atom stereocenters. The highest BCUT2D eigenvalue weighted by atomic mass is 35.5. The first-order valence-corrected chi connectivity index (χ1v) is 8.57. The average molecular weight is 366 g/mol. The van der Waals surface area contributed by atoms with Crippen LogP contribution in [-0.2, 0) is 10.0 Å². The minimum atomic E-state index is -3.89. The molecule has 0 amide bonds. The van der Waals surface area contributed by atoms with Gasteiger partial charge in [-0.3, -0.25) is 4.72 Å². The maximum absolute atomic E-state index is 12.2. The van der Waals surface area contributed by atoms with Crippen LogP contribution in [0.25, 0.3) is 0 Å². The van der Waals surface area contributed by atoms with E-state index in [1.165, 1.54) is 24.3 Å². The van der Waals surface area contributed by atoms with E-state index in [4.69, 9.17) is 28.3 Å². The van der Waals surface area contributed by atoms with Gasteiger partial charge >= 0.3 is 5.97 Å². The van der Waals surface area contributed by atoms with E-state index >= 15 is 0 Å². The van der Waals surface area contributed by atoms with Crippen LogP contribution in [0.1, 0.15) is 15.2 Å². The Morgan fingerprint density at radius 1 is 1.19 bits per heavy atom. The predicted molar refractivity (Wildman–Crippen MR) is 83.3 cm³/mol. The SMILES string of the molecule is Cc1cc(NS(=O)(=O)c2cc(Cl)cc(Cl)c2)sc1C(=O)O. The fourth-order valence-corrected chi connectivity index (χ4v) is 4.54. The van der Waals surface area contributed by atoms with E-state index in [1.54, 1.807) is 6.92 Å². The average Bonchev–Trinajstić information content (AvgIpc) is 2.68. The number of carboxylic acids is 1. The summed E-state index contributed by atoms with van der Waals surface area (Å²) >= 11 is 12.4. The summed E-state index contributed by atoms with van der Waals surface area (Å²) in [6, 6.07) is 5.39. The van der Waals surface area contributed by atoms with Crippen LogP contribution in [0.5, 0.6) is 0 Å². The number of anilines is 1. The van der Waals surface area contributed by atoms with Crippen molar-refractivity contribution in [2.45, 2.75) is 11.8 Å². The van der Waals surface area contributed by atoms with Crippen molar-refractivity contribution >= 4 is 55.5 Å². The third-order valence-electron chi connectivity index (χ3n) is 2.49. The van der Waals surface area contributed by atoms with Gasteiger partial charge in [0, 0.05) is 10.0 Å². The molecule has 0 saturated heterocycles. The molecule has 0 spiro atoms. The molecule has 112 valence electrons. The van der Waals surface area contributed by atoms with E-state index in [1.807, 2.05) is 0 Å². The minimum Gasteiger partial charge on any atom is -0.477 e. The molecular weight excluding hydrogens is 357 g/mol. The number of thiophene rings is 1. The Kier molecular flexibility index (Phi) is 4.48. The van der Waals surface area contributed by atoms with Gasteiger partial charge in [-0.2, -0.15) is 0 Å². The zero-order chi connectivity index (χ0) is 15.8. The third-order valence-corrected chi connectivity index (χ3v) is 5.54. The molecule has 0 radical (unpaired) electrons. The Hall–Kier alpha value is -1.28. The zero-order valence-corrected chi connectivity index (χ0v) is 13.7. The minimum absolute atomic E-state index is 0.0804. The molecule has 1 aromatic heterocycles. The quantitative estimate of drug-likeness (QED) is 0.861. The summed E-state index contributed by atoms with van der Waals surface area (Å²) < 4.78 is 26.8. The first-order chi connectivity index (χ1) is 9.69. The molecule has 9 heteroatoms. The summed E-state index contributed by atoms with van der Waals surface area (Å²) in [5.41, 5.74) is 0.481. The smallest absolute Gasteiger partial charge is 0.346 e. The number of halogens is 2. The van der Waals surface area contributed by atoms with E-state index in [-0.39, 0.29) is 24.8 Å². The number of nitrogens with one attached hydrogen (secondary N) is 1. The molecule has 2 N–H and O–H groups in total. The molecule has 2 aromatic rings. The van der Waals surface area contributed by atoms with Gasteiger partial charge in [0.1, 0.15) is 9.88 Å². The predicted octanol–water partition coefficient (Wildman–Crippen LogP) is 3.86. The van der Waals surface area contributed by atoms with Gasteiger partial charge in [0.2, 0.25) is 0 Å². The summed E-state index contributed by atoms with van der Waals surface area (Å²) in [5.74, 6) is -1.10. The van der Waals surface area contributed by atoms with Crippen molar-refractivity contribution in [3.63, 3.8) is 0 Å². The number of aromatic carboxylic acids is 1. The van der Waals surface area contributed by atoms with E-state index in [9.17, 15) is 13.2 Å². The highest BCUT2D eigenvalue weighted by molar-refractivity contribution is 7.93. The molecular formula is C12H9Cl2NO4S2. The molecule has 0 aliphatic carbocycles. The first kappa shape index (κ1) is 16.1. The number of aryl methyl sites for hydroxylation is 1. The highest BCUT2D eigenvalue weighted by Gasteiger charge is 2.19. The Bertz CT molecular complexity index is 794. The Morgan fingerprint density at radius 3 is 2.24 bits per heavy atom. The number of hydrogen-bond acceptors (Lipinski definition) is 4. The second-order valence-electron chi connectivity index (χ2n) is 4.14. The summed E-state index contributed by atoms with van der Waals surface area (Å²) in [7, 11) is -3.89. The lowest BCUT2D eigenvalue weighted by Gasteiger charge is -2.06. The van der Waals surface area contributed by atoms with Gasteiger partial charge in [-0.05, 0) is 36.8 Å². The van der Waals surface area contributed by atoms with Crippen LogP contribution in [-0.4, -0.2) is 19.5 Å². The summed E-state index contributed by atoms with van der Waals surface area (Å²) in [4.78, 5) is 10.9. The lowest BCUT2D eigenvalue weighted by Crippen LogP contribution is -2.12. The van der Waals surface area contributed by atoms with E-state index in [2.05, 4.69) is 4.72 Å². The molecule has 1 aromatic carbocycles. The van der Waals surface area contributed by atoms with Gasteiger partial charge in [-0.25, -0.2) is 13.2 Å². The molecule has 0 aliphatic rings. The Labute approximate surface area is 135 Å². The monoisotopic (exact) mass is 365 g/mol. The first-order valence-electron chi connectivity index (χ1n) is 5.51. The lowest BCUT2D eigenvalue weighted by atomic mass is 10.3. The fraction of sp³-hybridized carbons (Fsp3) is 0.0833. The number of carbonyl (C=O) groups is 1. The van der Waals surface area contributed by atoms with Crippen molar-refractivity contribution < 1.29 is 18.3 Å². The van der Waals surface area contributed by atoms with Gasteiger partial charge < -0.3 is 5.11 Å². The summed E-state index contributed by atoms with van der Waals surface area (Å²) in [6.45, 7) is 1.59. The van der Waals surface area contributed by atoms with Crippen LogP contribution in [0.4, 0.5) is 5.00 Å². The molecule has 0 bridgehead atoms. The maximum Gasteiger partial charge on any atom is 0.346 e. The lowest BCUT2D eigenvalue weighted by molar-refractivity contribution is 0.0701. The van der Waals surface area contributed by atoms with Crippen LogP contribution in [0.2, 0.25) is 10.0 Å². The van der Waals surface area contributed by atoms with Gasteiger partial charge in [0.15, 0.2) is 0 Å². The molecule has 2 rings (SSSR count). The molecule has 21 heavy (non-hydrogen) atoms. The Balaban J connectivity index is 2.37. The van der Waals surface area contributed by atoms with Crippen molar-refractivity contribution in [2.24, 2.45) is 0 Å². The van der Waals surface area contributed by atoms with Crippen LogP contribution in [0.15, 0.2) is 29.2 Å². The second-order valence-corrected chi connectivity index (χ2v) is 7.75. The molecule has 0 saturated carbocycles. The molecule has 1 heterocycles. The van der Waals surface area contributed by atoms with Gasteiger partial charge in [0.25, 0.3) is 10.0 Å². The molecule has 5 nitrogen and oxygen atoms in total. The number of hydrogen-bond donors (Lipinski definition) is 2. The van der Waals surface area contributed by atoms with E-state index < -0.39 is 16.0 Å². The van der Waals surface area contributed by atoms with E-state index in [0.29, 0.717) is 5.56 Å². The molecule has 0 aliphatic heterocycles. The van der Waals surface area contributed by atoms with Crippen LogP contribution in [0, 0.1) is 6.92 Å². The maximum atomic E-state index is 12.2. The van der Waals surface area contributed by atoms with E-state index in [0.717, 1.165) is 11.3 Å². The summed E-state index contributed by atoms with van der Waals surface area (Å²) in [6.07, 6.45) is 0. The van der Waals surface area contributed by atoms with Gasteiger partial charge in [-0.15, -0.1) is 11.3 Å². The second kappa shape index (κ2) is 5.84. The normalized spacial score (nSPS) is 11.4. The van der Waals surface area contributed by atoms with Gasteiger partial charge in [0.05, 0.1) is 4.90 Å². The molecule has 0 atom stereocenters. The van der Waals surface area contributed by atoms with Crippen LogP contribution in [0.3, 0.4) is 0 Å². The number of sulfonamides is 1. The zero-order valence-electron chi connectivity index (χ0n) is 10.6. The number of benzene rings is 1. The van der Waals surface area contributed by atoms with Gasteiger partial charge in [-0.1, -0.05) is 23.2 Å². The molecule has 0 fully saturated rings. The fourth-order valence-electron chi connectivity index (χ4n) is 1.62. The highest BCUT2D eigenvalue weighted by Crippen LogP contribution is 2.30. The standard InChI is InChI=1S/C12H9Cl2NO4S2/c1-6-2-10(20-11(6)12(16)17)15-21(18,19)9-4-7(13)3-8(14)5-9/h2-5,15H,1H3,(H,16,17).